The lowest BCUT2D eigenvalue weighted by atomic mass is 9.90. The standard InChI is InChI=1S/C12H18N4O4/c1-2-16-8-9(7-13-16)14-11(19)15-12(10(17)18)3-5-20-6-4-12/h7-8H,2-6H2,1H3,(H,17,18)(H2,14,15,19). The Kier molecular flexibility index (Phi) is 4.23. The molecule has 1 aromatic heterocycles. The first-order chi connectivity index (χ1) is 9.55. The van der Waals surface area contributed by atoms with Crippen molar-refractivity contribution in [2.75, 3.05) is 18.5 Å². The molecule has 20 heavy (non-hydrogen) atoms. The normalized spacial score (nSPS) is 17.4. The molecule has 0 unspecified atom stereocenters. The Hall–Kier alpha value is -2.09. The van der Waals surface area contributed by atoms with Gasteiger partial charge in [-0.05, 0) is 6.92 Å². The van der Waals surface area contributed by atoms with Crippen LogP contribution in [-0.2, 0) is 16.1 Å². The number of carboxylic acids is 1. The molecule has 2 rings (SSSR count). The van der Waals surface area contributed by atoms with Crippen LogP contribution >= 0.6 is 0 Å². The predicted octanol–water partition coefficient (Wildman–Crippen LogP) is 0.658. The summed E-state index contributed by atoms with van der Waals surface area (Å²) in [6, 6.07) is -0.551. The molecule has 0 atom stereocenters. The minimum atomic E-state index is -1.26. The highest BCUT2D eigenvalue weighted by atomic mass is 16.5. The van der Waals surface area contributed by atoms with E-state index in [1.807, 2.05) is 6.92 Å². The number of carbonyl (C=O) groups excluding carboxylic acids is 1. The molecule has 8 nitrogen and oxygen atoms in total. The summed E-state index contributed by atoms with van der Waals surface area (Å²) in [7, 11) is 0. The van der Waals surface area contributed by atoms with Crippen molar-refractivity contribution in [2.45, 2.75) is 31.8 Å². The monoisotopic (exact) mass is 282 g/mol. The molecule has 1 fully saturated rings. The molecular formula is C12H18N4O4. The SMILES string of the molecule is CCn1cc(NC(=O)NC2(C(=O)O)CCOCC2)cn1. The molecule has 2 amide bonds. The van der Waals surface area contributed by atoms with E-state index >= 15 is 0 Å². The van der Waals surface area contributed by atoms with Crippen LogP contribution in [0.15, 0.2) is 12.4 Å². The van der Waals surface area contributed by atoms with Crippen LogP contribution in [0, 0.1) is 0 Å². The van der Waals surface area contributed by atoms with E-state index in [0.29, 0.717) is 25.4 Å². The van der Waals surface area contributed by atoms with E-state index in [1.165, 1.54) is 6.20 Å². The zero-order valence-corrected chi connectivity index (χ0v) is 11.3. The van der Waals surface area contributed by atoms with Crippen LogP contribution in [0.3, 0.4) is 0 Å². The zero-order valence-electron chi connectivity index (χ0n) is 11.3. The van der Waals surface area contributed by atoms with Gasteiger partial charge in [0.1, 0.15) is 5.54 Å². The van der Waals surface area contributed by atoms with Gasteiger partial charge in [0.05, 0.1) is 11.9 Å². The number of aromatic nitrogens is 2. The number of nitrogens with one attached hydrogen (secondary N) is 2. The fraction of sp³-hybridized carbons (Fsp3) is 0.583. The van der Waals surface area contributed by atoms with E-state index in [9.17, 15) is 14.7 Å². The number of aryl methyl sites for hydroxylation is 1. The van der Waals surface area contributed by atoms with Gasteiger partial charge in [0.2, 0.25) is 0 Å². The number of urea groups is 1. The van der Waals surface area contributed by atoms with E-state index in [1.54, 1.807) is 10.9 Å². The number of hydrogen-bond acceptors (Lipinski definition) is 4. The van der Waals surface area contributed by atoms with Crippen molar-refractivity contribution in [3.05, 3.63) is 12.4 Å². The number of ether oxygens (including phenoxy) is 1. The van der Waals surface area contributed by atoms with Crippen molar-refractivity contribution >= 4 is 17.7 Å². The van der Waals surface area contributed by atoms with E-state index in [4.69, 9.17) is 4.74 Å². The van der Waals surface area contributed by atoms with Crippen LogP contribution in [0.1, 0.15) is 19.8 Å². The summed E-state index contributed by atoms with van der Waals surface area (Å²) in [5.74, 6) is -1.04. The summed E-state index contributed by atoms with van der Waals surface area (Å²) in [5, 5.41) is 18.5. The van der Waals surface area contributed by atoms with Gasteiger partial charge >= 0.3 is 12.0 Å². The smallest absolute Gasteiger partial charge is 0.329 e. The molecule has 3 N–H and O–H groups in total. The van der Waals surface area contributed by atoms with Crippen molar-refractivity contribution < 1.29 is 19.4 Å². The second-order valence-corrected chi connectivity index (χ2v) is 4.66. The number of carboxylic acid groups (broad SMARTS) is 1. The second kappa shape index (κ2) is 5.91. The van der Waals surface area contributed by atoms with Crippen LogP contribution in [0.2, 0.25) is 0 Å². The van der Waals surface area contributed by atoms with Gasteiger partial charge in [0, 0.05) is 38.8 Å². The predicted molar refractivity (Wildman–Crippen MR) is 70.5 cm³/mol. The molecule has 0 radical (unpaired) electrons. The number of hydrogen-bond donors (Lipinski definition) is 3. The van der Waals surface area contributed by atoms with Gasteiger partial charge < -0.3 is 20.5 Å². The van der Waals surface area contributed by atoms with Crippen molar-refractivity contribution in [3.63, 3.8) is 0 Å². The van der Waals surface area contributed by atoms with E-state index in [0.717, 1.165) is 0 Å². The van der Waals surface area contributed by atoms with Crippen molar-refractivity contribution in [1.82, 2.24) is 15.1 Å². The Balaban J connectivity index is 1.99. The number of anilines is 1. The Morgan fingerprint density at radius 3 is 2.75 bits per heavy atom. The molecule has 0 saturated carbocycles. The summed E-state index contributed by atoms with van der Waals surface area (Å²) in [4.78, 5) is 23.3. The first-order valence-electron chi connectivity index (χ1n) is 6.48. The molecule has 0 aromatic carbocycles. The van der Waals surface area contributed by atoms with Crippen LogP contribution in [-0.4, -0.2) is 45.6 Å². The molecule has 1 saturated heterocycles. The third-order valence-corrected chi connectivity index (χ3v) is 3.32. The molecule has 1 aromatic rings. The van der Waals surface area contributed by atoms with Gasteiger partial charge in [-0.1, -0.05) is 0 Å². The zero-order chi connectivity index (χ0) is 14.6. The molecule has 0 aliphatic carbocycles. The fourth-order valence-electron chi connectivity index (χ4n) is 2.09. The second-order valence-electron chi connectivity index (χ2n) is 4.66. The molecular weight excluding hydrogens is 264 g/mol. The highest BCUT2D eigenvalue weighted by molar-refractivity contribution is 5.93. The Morgan fingerprint density at radius 1 is 1.50 bits per heavy atom. The summed E-state index contributed by atoms with van der Waals surface area (Å²) < 4.78 is 6.81. The molecule has 2 heterocycles. The number of amides is 2. The maximum Gasteiger partial charge on any atom is 0.329 e. The molecule has 1 aliphatic rings. The van der Waals surface area contributed by atoms with Crippen LogP contribution in [0.25, 0.3) is 0 Å². The van der Waals surface area contributed by atoms with Crippen molar-refractivity contribution in [2.24, 2.45) is 0 Å². The minimum Gasteiger partial charge on any atom is -0.480 e. The van der Waals surface area contributed by atoms with Gasteiger partial charge in [0.25, 0.3) is 0 Å². The average molecular weight is 282 g/mol. The Bertz CT molecular complexity index is 493. The third kappa shape index (κ3) is 3.08. The Labute approximate surface area is 116 Å². The number of aliphatic carboxylic acids is 1. The van der Waals surface area contributed by atoms with Crippen LogP contribution in [0.5, 0.6) is 0 Å². The minimum absolute atomic E-state index is 0.254. The molecule has 0 spiro atoms. The average Bonchev–Trinajstić information content (AvgIpc) is 2.87. The molecule has 1 aliphatic heterocycles. The van der Waals surface area contributed by atoms with Crippen molar-refractivity contribution in [1.29, 1.82) is 0 Å². The number of nitrogens with zero attached hydrogens (tertiary/aromatic N) is 2. The number of carbonyl (C=O) groups is 2. The van der Waals surface area contributed by atoms with Gasteiger partial charge in [0.15, 0.2) is 0 Å². The van der Waals surface area contributed by atoms with E-state index in [-0.39, 0.29) is 12.8 Å². The Morgan fingerprint density at radius 2 is 2.20 bits per heavy atom. The van der Waals surface area contributed by atoms with E-state index < -0.39 is 17.5 Å². The molecule has 8 heteroatoms. The molecule has 0 bridgehead atoms. The quantitative estimate of drug-likeness (QED) is 0.752. The fourth-order valence-corrected chi connectivity index (χ4v) is 2.09. The summed E-state index contributed by atoms with van der Waals surface area (Å²) in [6.07, 6.45) is 3.70. The highest BCUT2D eigenvalue weighted by Gasteiger charge is 2.41. The first-order valence-corrected chi connectivity index (χ1v) is 6.48. The summed E-state index contributed by atoms with van der Waals surface area (Å²) in [6.45, 7) is 3.26. The molecule has 110 valence electrons. The third-order valence-electron chi connectivity index (χ3n) is 3.32. The summed E-state index contributed by atoms with van der Waals surface area (Å²) in [5.41, 5.74) is -0.736. The topological polar surface area (TPSA) is 105 Å². The highest BCUT2D eigenvalue weighted by Crippen LogP contribution is 2.21. The van der Waals surface area contributed by atoms with Crippen LogP contribution in [0.4, 0.5) is 10.5 Å². The largest absolute Gasteiger partial charge is 0.480 e. The van der Waals surface area contributed by atoms with Crippen molar-refractivity contribution in [3.8, 4) is 0 Å². The number of rotatable bonds is 4. The lowest BCUT2D eigenvalue weighted by molar-refractivity contribution is -0.148. The lowest BCUT2D eigenvalue weighted by Gasteiger charge is -2.33. The maximum atomic E-state index is 11.9. The lowest BCUT2D eigenvalue weighted by Crippen LogP contribution is -2.58. The first kappa shape index (κ1) is 14.3. The summed E-state index contributed by atoms with van der Waals surface area (Å²) >= 11 is 0. The van der Waals surface area contributed by atoms with Gasteiger partial charge in [-0.15, -0.1) is 0 Å². The van der Waals surface area contributed by atoms with Gasteiger partial charge in [-0.3, -0.25) is 4.68 Å². The maximum absolute atomic E-state index is 11.9. The van der Waals surface area contributed by atoms with Crippen LogP contribution < -0.4 is 10.6 Å². The van der Waals surface area contributed by atoms with E-state index in [2.05, 4.69) is 15.7 Å². The van der Waals surface area contributed by atoms with Gasteiger partial charge in [-0.2, -0.15) is 5.10 Å². The van der Waals surface area contributed by atoms with Gasteiger partial charge in [-0.25, -0.2) is 9.59 Å².